The maximum Gasteiger partial charge on any atom is 0.330 e. The second-order valence-corrected chi connectivity index (χ2v) is 7.14. The zero-order chi connectivity index (χ0) is 15.0. The molecule has 9 heteroatoms. The summed E-state index contributed by atoms with van der Waals surface area (Å²) in [4.78, 5) is 37.5. The zero-order valence-electron chi connectivity index (χ0n) is 9.95. The highest BCUT2D eigenvalue weighted by atomic mass is 35.5. The van der Waals surface area contributed by atoms with Gasteiger partial charge in [0.15, 0.2) is 0 Å². The number of carbonyl (C=O) groups excluding carboxylic acids is 3. The zero-order valence-corrected chi connectivity index (χ0v) is 13.0. The van der Waals surface area contributed by atoms with Crippen molar-refractivity contribution in [2.24, 2.45) is 11.8 Å². The first-order chi connectivity index (χ1) is 9.14. The van der Waals surface area contributed by atoms with Crippen LogP contribution in [-0.4, -0.2) is 32.6 Å². The number of fused-ring (bicyclic) bond motifs is 5. The molecular weight excluding hydrogens is 352 g/mol. The predicted octanol–water partition coefficient (Wildman–Crippen LogP) is 2.13. The first kappa shape index (κ1) is 14.4. The molecule has 0 N–H and O–H groups in total. The standard InChI is InChI=1S/C11H7Cl4NO4/c1-3(17)20-16-8(18)4-5(9(16)19)11(15)2-10(4,14)6(12)7(11)13/h4-5H,2H2,1H3/t4-,5-,10-,11-/m0/s1. The summed E-state index contributed by atoms with van der Waals surface area (Å²) < 4.78 is 0. The van der Waals surface area contributed by atoms with Gasteiger partial charge in [-0.25, -0.2) is 4.79 Å². The fraction of sp³-hybridized carbons (Fsp3) is 0.545. The minimum Gasteiger partial charge on any atom is -0.331 e. The summed E-state index contributed by atoms with van der Waals surface area (Å²) in [6.45, 7) is 1.08. The van der Waals surface area contributed by atoms with Gasteiger partial charge in [0, 0.05) is 6.92 Å². The average Bonchev–Trinajstić information content (AvgIpc) is 2.81. The number of hydroxylamine groups is 2. The smallest absolute Gasteiger partial charge is 0.330 e. The van der Waals surface area contributed by atoms with Crippen LogP contribution in [0, 0.1) is 11.8 Å². The van der Waals surface area contributed by atoms with Crippen molar-refractivity contribution in [2.45, 2.75) is 23.1 Å². The highest BCUT2D eigenvalue weighted by molar-refractivity contribution is 6.52. The lowest BCUT2D eigenvalue weighted by molar-refractivity contribution is -0.197. The van der Waals surface area contributed by atoms with Crippen LogP contribution in [-0.2, 0) is 19.2 Å². The van der Waals surface area contributed by atoms with Crippen LogP contribution in [0.1, 0.15) is 13.3 Å². The summed E-state index contributed by atoms with van der Waals surface area (Å²) in [7, 11) is 0. The van der Waals surface area contributed by atoms with Gasteiger partial charge in [0.25, 0.3) is 11.8 Å². The fourth-order valence-electron chi connectivity index (χ4n) is 3.17. The molecule has 0 unspecified atom stereocenters. The summed E-state index contributed by atoms with van der Waals surface area (Å²) in [6.07, 6.45) is 0.0848. The van der Waals surface area contributed by atoms with Crippen molar-refractivity contribution in [1.82, 2.24) is 5.06 Å². The van der Waals surface area contributed by atoms with E-state index in [0.29, 0.717) is 5.06 Å². The van der Waals surface area contributed by atoms with Crippen molar-refractivity contribution in [3.8, 4) is 0 Å². The molecular formula is C11H7Cl4NO4. The third-order valence-electron chi connectivity index (χ3n) is 3.91. The fourth-order valence-corrected chi connectivity index (χ4v) is 5.09. The topological polar surface area (TPSA) is 63.7 Å². The molecule has 0 radical (unpaired) electrons. The Morgan fingerprint density at radius 3 is 1.90 bits per heavy atom. The number of allylic oxidation sites excluding steroid dienone is 2. The van der Waals surface area contributed by atoms with Gasteiger partial charge in [-0.15, -0.1) is 28.3 Å². The number of imide groups is 1. The Morgan fingerprint density at radius 1 is 1.15 bits per heavy atom. The van der Waals surface area contributed by atoms with Gasteiger partial charge in [0.2, 0.25) is 0 Å². The Bertz CT molecular complexity index is 563. The lowest BCUT2D eigenvalue weighted by Gasteiger charge is -2.28. The number of amides is 2. The molecule has 4 atom stereocenters. The first-order valence-corrected chi connectivity index (χ1v) is 7.16. The van der Waals surface area contributed by atoms with E-state index in [-0.39, 0.29) is 16.5 Å². The number of rotatable bonds is 1. The highest BCUT2D eigenvalue weighted by Gasteiger charge is 2.77. The Kier molecular flexibility index (Phi) is 2.91. The molecule has 0 aromatic heterocycles. The van der Waals surface area contributed by atoms with Crippen molar-refractivity contribution in [2.75, 3.05) is 0 Å². The molecule has 2 amide bonds. The van der Waals surface area contributed by atoms with E-state index in [1.54, 1.807) is 0 Å². The van der Waals surface area contributed by atoms with Crippen molar-refractivity contribution < 1.29 is 19.2 Å². The van der Waals surface area contributed by atoms with Gasteiger partial charge >= 0.3 is 5.97 Å². The quantitative estimate of drug-likeness (QED) is 0.532. The Hall–Kier alpha value is -0.490. The first-order valence-electron chi connectivity index (χ1n) is 5.65. The van der Waals surface area contributed by atoms with Crippen LogP contribution in [0.25, 0.3) is 0 Å². The van der Waals surface area contributed by atoms with Gasteiger partial charge in [-0.3, -0.25) is 9.59 Å². The summed E-state index contributed by atoms with van der Waals surface area (Å²) in [5, 5.41) is 0.552. The number of alkyl halides is 2. The second kappa shape index (κ2) is 4.03. The normalized spacial score (nSPS) is 42.5. The van der Waals surface area contributed by atoms with Gasteiger partial charge in [0.1, 0.15) is 0 Å². The summed E-state index contributed by atoms with van der Waals surface area (Å²) in [6, 6.07) is 0. The minimum atomic E-state index is -1.33. The van der Waals surface area contributed by atoms with Crippen molar-refractivity contribution in [1.29, 1.82) is 0 Å². The van der Waals surface area contributed by atoms with Crippen molar-refractivity contribution in [3.63, 3.8) is 0 Å². The molecule has 108 valence electrons. The monoisotopic (exact) mass is 357 g/mol. The van der Waals surface area contributed by atoms with Crippen LogP contribution < -0.4 is 0 Å². The molecule has 5 nitrogen and oxygen atoms in total. The third kappa shape index (κ3) is 1.44. The number of hydrogen-bond acceptors (Lipinski definition) is 4. The predicted molar refractivity (Wildman–Crippen MR) is 71.1 cm³/mol. The van der Waals surface area contributed by atoms with E-state index in [1.807, 2.05) is 0 Å². The van der Waals surface area contributed by atoms with Gasteiger partial charge in [-0.2, -0.15) is 0 Å². The average molecular weight is 359 g/mol. The van der Waals surface area contributed by atoms with Crippen LogP contribution in [0.15, 0.2) is 10.1 Å². The Labute approximate surface area is 133 Å². The molecule has 1 saturated heterocycles. The number of halogens is 4. The Morgan fingerprint density at radius 2 is 1.55 bits per heavy atom. The van der Waals surface area contributed by atoms with Gasteiger partial charge < -0.3 is 4.84 Å². The van der Waals surface area contributed by atoms with Crippen LogP contribution in [0.4, 0.5) is 0 Å². The third-order valence-corrected chi connectivity index (χ3v) is 6.37. The van der Waals surface area contributed by atoms with E-state index in [4.69, 9.17) is 46.4 Å². The SMILES string of the molecule is CC(=O)ON1C(=O)[C@@H]2[C@@H](C1=O)[C@@]1(Cl)C[C@@]2(Cl)C(Cl)=C1Cl. The van der Waals surface area contributed by atoms with E-state index in [9.17, 15) is 14.4 Å². The lowest BCUT2D eigenvalue weighted by Crippen LogP contribution is -2.38. The summed E-state index contributed by atoms with van der Waals surface area (Å²) in [5.41, 5.74) is 0. The Balaban J connectivity index is 2.10. The number of hydrogen-bond donors (Lipinski definition) is 0. The van der Waals surface area contributed by atoms with Crippen LogP contribution in [0.5, 0.6) is 0 Å². The largest absolute Gasteiger partial charge is 0.331 e. The molecule has 2 bridgehead atoms. The molecule has 1 saturated carbocycles. The lowest BCUT2D eigenvalue weighted by atomic mass is 9.84. The summed E-state index contributed by atoms with van der Waals surface area (Å²) in [5.74, 6) is -4.21. The number of carbonyl (C=O) groups is 3. The molecule has 1 heterocycles. The second-order valence-electron chi connectivity index (χ2n) is 5.04. The van der Waals surface area contributed by atoms with Crippen molar-refractivity contribution in [3.05, 3.63) is 10.1 Å². The molecule has 20 heavy (non-hydrogen) atoms. The van der Waals surface area contributed by atoms with Crippen LogP contribution in [0.3, 0.4) is 0 Å². The molecule has 2 aliphatic carbocycles. The van der Waals surface area contributed by atoms with Gasteiger partial charge in [0.05, 0.1) is 31.6 Å². The minimum absolute atomic E-state index is 0.0721. The maximum absolute atomic E-state index is 12.3. The van der Waals surface area contributed by atoms with Gasteiger partial charge in [-0.1, -0.05) is 23.2 Å². The van der Waals surface area contributed by atoms with E-state index < -0.39 is 39.4 Å². The molecule has 3 aliphatic rings. The van der Waals surface area contributed by atoms with E-state index in [2.05, 4.69) is 4.84 Å². The molecule has 2 fully saturated rings. The molecule has 0 spiro atoms. The molecule has 0 aromatic rings. The van der Waals surface area contributed by atoms with Crippen molar-refractivity contribution >= 4 is 64.2 Å². The van der Waals surface area contributed by atoms with Crippen LogP contribution in [0.2, 0.25) is 0 Å². The maximum atomic E-state index is 12.3. The van der Waals surface area contributed by atoms with E-state index in [0.717, 1.165) is 6.92 Å². The summed E-state index contributed by atoms with van der Waals surface area (Å²) >= 11 is 24.9. The van der Waals surface area contributed by atoms with Crippen LogP contribution >= 0.6 is 46.4 Å². The van der Waals surface area contributed by atoms with E-state index in [1.165, 1.54) is 0 Å². The van der Waals surface area contributed by atoms with E-state index >= 15 is 0 Å². The molecule has 1 aliphatic heterocycles. The molecule has 0 aromatic carbocycles. The molecule has 3 rings (SSSR count). The van der Waals surface area contributed by atoms with Gasteiger partial charge in [-0.05, 0) is 6.42 Å². The number of nitrogens with zero attached hydrogens (tertiary/aromatic N) is 1. The highest BCUT2D eigenvalue weighted by Crippen LogP contribution is 2.69.